The molecule has 2 aliphatic rings. The van der Waals surface area contributed by atoms with Crippen molar-refractivity contribution >= 4 is 49.6 Å². The van der Waals surface area contributed by atoms with Crippen molar-refractivity contribution in [1.82, 2.24) is 4.57 Å². The van der Waals surface area contributed by atoms with Crippen LogP contribution in [0.2, 0.25) is 0 Å². The average Bonchev–Trinajstić information content (AvgIpc) is 3.92. The smallest absolute Gasteiger partial charge is 0.0541 e. The van der Waals surface area contributed by atoms with Gasteiger partial charge in [-0.05, 0) is 135 Å². The average molecular weight is 727 g/mol. The molecule has 0 fully saturated rings. The van der Waals surface area contributed by atoms with E-state index in [-0.39, 0.29) is 5.41 Å². The van der Waals surface area contributed by atoms with Crippen molar-refractivity contribution in [2.24, 2.45) is 0 Å². The first-order chi connectivity index (χ1) is 28.2. The molecule has 268 valence electrons. The van der Waals surface area contributed by atoms with E-state index in [1.54, 1.807) is 0 Å². The zero-order valence-electron chi connectivity index (χ0n) is 31.4. The van der Waals surface area contributed by atoms with Crippen molar-refractivity contribution in [2.45, 2.75) is 18.3 Å². The largest absolute Gasteiger partial charge is 0.310 e. The van der Waals surface area contributed by atoms with E-state index in [0.29, 0.717) is 0 Å². The number of anilines is 3. The molecule has 0 unspecified atom stereocenters. The Balaban J connectivity index is 0.989. The lowest BCUT2D eigenvalue weighted by atomic mass is 9.75. The van der Waals surface area contributed by atoms with E-state index >= 15 is 0 Å². The third-order valence-corrected chi connectivity index (χ3v) is 12.7. The van der Waals surface area contributed by atoms with Crippen LogP contribution in [0.15, 0.2) is 206 Å². The highest BCUT2D eigenvalue weighted by atomic mass is 15.1. The maximum atomic E-state index is 2.50. The minimum absolute atomic E-state index is 0.0766. The fourth-order valence-corrected chi connectivity index (χ4v) is 10.2. The lowest BCUT2D eigenvalue weighted by molar-refractivity contribution is 0.563. The van der Waals surface area contributed by atoms with Gasteiger partial charge in [-0.2, -0.15) is 0 Å². The standard InChI is InChI=1S/C55H38N2/c1-2-16-43(17-3-1)57-53-21-11-9-19-49(53)50-33-40(25-31-54(50)57)38-22-26-44(27-23-38)56(45-28-24-37-12-4-5-13-39(37)32-45)46-29-30-48-47-18-8-10-20-51(47)55(52(48)34-46)35-41-14-6-7-15-42(41)36-55/h1-34H,35-36H2. The monoisotopic (exact) mass is 726 g/mol. The Labute approximate surface area is 332 Å². The molecule has 10 aromatic rings. The van der Waals surface area contributed by atoms with Crippen molar-refractivity contribution in [1.29, 1.82) is 0 Å². The number of benzene rings is 9. The highest BCUT2D eigenvalue weighted by molar-refractivity contribution is 6.10. The summed E-state index contributed by atoms with van der Waals surface area (Å²) in [5, 5.41) is 5.00. The fraction of sp³-hybridized carbons (Fsp3) is 0.0545. The van der Waals surface area contributed by atoms with E-state index in [0.717, 1.165) is 24.2 Å². The van der Waals surface area contributed by atoms with Gasteiger partial charge in [-0.25, -0.2) is 0 Å². The lowest BCUT2D eigenvalue weighted by Gasteiger charge is -2.30. The van der Waals surface area contributed by atoms with Gasteiger partial charge in [0.15, 0.2) is 0 Å². The SMILES string of the molecule is c1ccc(-n2c3ccccc3c3cc(-c4ccc(N(c5ccc6c(c5)C5(Cc7ccccc7C5)c5ccccc5-6)c5ccc6ccccc6c5)cc4)ccc32)cc1. The molecular formula is C55H38N2. The van der Waals surface area contributed by atoms with Crippen LogP contribution in [0, 0.1) is 0 Å². The Bertz CT molecular complexity index is 3160. The van der Waals surface area contributed by atoms with E-state index in [4.69, 9.17) is 0 Å². The number of hydrogen-bond acceptors (Lipinski definition) is 1. The summed E-state index contributed by atoms with van der Waals surface area (Å²) in [5.41, 5.74) is 18.0. The molecular weight excluding hydrogens is 689 g/mol. The third-order valence-electron chi connectivity index (χ3n) is 12.7. The lowest BCUT2D eigenvalue weighted by Crippen LogP contribution is -2.26. The molecule has 1 aromatic heterocycles. The number of nitrogens with zero attached hydrogens (tertiary/aromatic N) is 2. The summed E-state index contributed by atoms with van der Waals surface area (Å²) in [5.74, 6) is 0. The van der Waals surface area contributed by atoms with Gasteiger partial charge < -0.3 is 9.47 Å². The zero-order valence-corrected chi connectivity index (χ0v) is 31.4. The van der Waals surface area contributed by atoms with Crippen molar-refractivity contribution in [3.8, 4) is 27.9 Å². The molecule has 2 heteroatoms. The highest BCUT2D eigenvalue weighted by Gasteiger charge is 2.47. The molecule has 0 atom stereocenters. The van der Waals surface area contributed by atoms with E-state index in [9.17, 15) is 0 Å². The number of fused-ring (bicyclic) bond motifs is 10. The van der Waals surface area contributed by atoms with Crippen LogP contribution in [0.3, 0.4) is 0 Å². The van der Waals surface area contributed by atoms with Crippen LogP contribution in [-0.2, 0) is 18.3 Å². The van der Waals surface area contributed by atoms with E-state index in [2.05, 4.69) is 216 Å². The van der Waals surface area contributed by atoms with Crippen LogP contribution in [0.5, 0.6) is 0 Å². The Morgan fingerprint density at radius 2 is 1.00 bits per heavy atom. The number of rotatable bonds is 5. The van der Waals surface area contributed by atoms with E-state index < -0.39 is 0 Å². The van der Waals surface area contributed by atoms with Gasteiger partial charge >= 0.3 is 0 Å². The topological polar surface area (TPSA) is 8.17 Å². The Morgan fingerprint density at radius 1 is 0.386 bits per heavy atom. The van der Waals surface area contributed by atoms with Crippen LogP contribution >= 0.6 is 0 Å². The van der Waals surface area contributed by atoms with Gasteiger partial charge in [0.2, 0.25) is 0 Å². The van der Waals surface area contributed by atoms with Gasteiger partial charge in [0.25, 0.3) is 0 Å². The summed E-state index contributed by atoms with van der Waals surface area (Å²) in [7, 11) is 0. The number of para-hydroxylation sites is 2. The zero-order chi connectivity index (χ0) is 37.5. The van der Waals surface area contributed by atoms with Gasteiger partial charge in [-0.15, -0.1) is 0 Å². The normalized spacial score (nSPS) is 13.6. The van der Waals surface area contributed by atoms with Gasteiger partial charge in [0, 0.05) is 38.9 Å². The first kappa shape index (κ1) is 32.1. The first-order valence-corrected chi connectivity index (χ1v) is 20.0. The molecule has 0 radical (unpaired) electrons. The van der Waals surface area contributed by atoms with Crippen molar-refractivity contribution in [3.63, 3.8) is 0 Å². The molecule has 1 heterocycles. The van der Waals surface area contributed by atoms with Crippen molar-refractivity contribution in [2.75, 3.05) is 4.90 Å². The maximum Gasteiger partial charge on any atom is 0.0541 e. The molecule has 57 heavy (non-hydrogen) atoms. The molecule has 2 aliphatic carbocycles. The van der Waals surface area contributed by atoms with Gasteiger partial charge in [0.05, 0.1) is 11.0 Å². The summed E-state index contributed by atoms with van der Waals surface area (Å²) in [4.78, 5) is 2.45. The molecule has 0 saturated carbocycles. The molecule has 2 nitrogen and oxygen atoms in total. The van der Waals surface area contributed by atoms with Crippen molar-refractivity contribution < 1.29 is 0 Å². The number of hydrogen-bond donors (Lipinski definition) is 0. The predicted molar refractivity (Wildman–Crippen MR) is 238 cm³/mol. The first-order valence-electron chi connectivity index (χ1n) is 20.0. The Hall–Kier alpha value is -7.16. The minimum Gasteiger partial charge on any atom is -0.310 e. The predicted octanol–water partition coefficient (Wildman–Crippen LogP) is 14.1. The summed E-state index contributed by atoms with van der Waals surface area (Å²) in [6.07, 6.45) is 2.05. The fourth-order valence-electron chi connectivity index (χ4n) is 10.2. The van der Waals surface area contributed by atoms with E-state index in [1.807, 2.05) is 0 Å². The minimum atomic E-state index is -0.0766. The molecule has 0 saturated heterocycles. The van der Waals surface area contributed by atoms with E-state index in [1.165, 1.54) is 88.5 Å². The molecule has 0 N–H and O–H groups in total. The Morgan fingerprint density at radius 3 is 1.84 bits per heavy atom. The Kier molecular flexibility index (Phi) is 7.00. The van der Waals surface area contributed by atoms with Gasteiger partial charge in [-0.3, -0.25) is 0 Å². The van der Waals surface area contributed by atoms with Crippen LogP contribution in [0.25, 0.3) is 60.5 Å². The molecule has 0 aliphatic heterocycles. The van der Waals surface area contributed by atoms with Crippen LogP contribution in [0.1, 0.15) is 22.3 Å². The molecule has 12 rings (SSSR count). The second-order valence-electron chi connectivity index (χ2n) is 15.8. The summed E-state index contributed by atoms with van der Waals surface area (Å²) in [6.45, 7) is 0. The van der Waals surface area contributed by atoms with Crippen LogP contribution in [0.4, 0.5) is 17.1 Å². The summed E-state index contributed by atoms with van der Waals surface area (Å²) >= 11 is 0. The second kappa shape index (κ2) is 12.4. The van der Waals surface area contributed by atoms with Gasteiger partial charge in [-0.1, -0.05) is 140 Å². The van der Waals surface area contributed by atoms with Crippen LogP contribution < -0.4 is 4.90 Å². The maximum absolute atomic E-state index is 2.50. The molecule has 0 bridgehead atoms. The summed E-state index contributed by atoms with van der Waals surface area (Å²) in [6, 6.07) is 76.4. The second-order valence-corrected chi connectivity index (χ2v) is 15.8. The van der Waals surface area contributed by atoms with Crippen LogP contribution in [-0.4, -0.2) is 4.57 Å². The molecule has 1 spiro atoms. The molecule has 0 amide bonds. The number of aromatic nitrogens is 1. The third kappa shape index (κ3) is 4.90. The summed E-state index contributed by atoms with van der Waals surface area (Å²) < 4.78 is 2.38. The van der Waals surface area contributed by atoms with Crippen molar-refractivity contribution in [3.05, 3.63) is 229 Å². The molecule has 9 aromatic carbocycles. The van der Waals surface area contributed by atoms with Gasteiger partial charge in [0.1, 0.15) is 0 Å². The quantitative estimate of drug-likeness (QED) is 0.171. The highest BCUT2D eigenvalue weighted by Crippen LogP contribution is 2.56.